The van der Waals surface area contributed by atoms with Crippen molar-refractivity contribution >= 4 is 34.1 Å². The van der Waals surface area contributed by atoms with E-state index in [0.717, 1.165) is 30.6 Å². The molecule has 316 valence electrons. The van der Waals surface area contributed by atoms with E-state index in [4.69, 9.17) is 0 Å². The minimum atomic E-state index is -0.0940. The molecule has 64 heavy (non-hydrogen) atoms. The van der Waals surface area contributed by atoms with Crippen molar-refractivity contribution in [2.75, 3.05) is 9.80 Å². The standard InChI is InChI=1S/C62H58N2/c1-60(2)54-20-10-9-19-52(54)53-30-29-51(36-55(53)60)64(49-17-7-4-8-18-49)57-22-12-14-44-35-47-24-23-46-34-43-13-11-21-56(58(43)62(46,47)59(44)57)63(48-15-5-3-6-16-48)50-27-25-45(26-28-50)61-37-40-31-41(38-61)33-42(32-40)39-61/h3-22,25-30,36,40-42,46-47H,23-24,31-35,37-39H2,1-2H3. The molecular weight excluding hydrogens is 773 g/mol. The molecule has 7 aromatic rings. The molecule has 3 unspecified atom stereocenters. The monoisotopic (exact) mass is 830 g/mol. The van der Waals surface area contributed by atoms with Crippen LogP contribution in [0.15, 0.2) is 164 Å². The second-order valence-corrected chi connectivity index (χ2v) is 21.9. The molecule has 7 aromatic carbocycles. The van der Waals surface area contributed by atoms with Gasteiger partial charge in [0.25, 0.3) is 0 Å². The van der Waals surface area contributed by atoms with Crippen LogP contribution in [0.25, 0.3) is 11.1 Å². The molecule has 15 rings (SSSR count). The van der Waals surface area contributed by atoms with Gasteiger partial charge in [-0.15, -0.1) is 0 Å². The van der Waals surface area contributed by atoms with Crippen LogP contribution in [0.1, 0.15) is 104 Å². The number of nitrogens with zero attached hydrogens (tertiary/aromatic N) is 2. The second kappa shape index (κ2) is 13.6. The fourth-order valence-corrected chi connectivity index (χ4v) is 16.3. The number of hydrogen-bond donors (Lipinski definition) is 0. The molecule has 0 N–H and O–H groups in total. The summed E-state index contributed by atoms with van der Waals surface area (Å²) in [4.78, 5) is 5.27. The van der Waals surface area contributed by atoms with E-state index < -0.39 is 0 Å². The SMILES string of the molecule is CC1(C)c2ccccc2-c2ccc(N(c3ccccc3)c3cccc4c3C35c6c(cccc6N(c6ccccc6)c6ccc(C78CC9CC(CC(C9)C7)C8)cc6)CC3CCC5C4)cc21. The Morgan fingerprint density at radius 2 is 0.922 bits per heavy atom. The Hall–Kier alpha value is -5.86. The van der Waals surface area contributed by atoms with E-state index >= 15 is 0 Å². The van der Waals surface area contributed by atoms with E-state index in [1.54, 1.807) is 22.3 Å². The molecule has 0 amide bonds. The third-order valence-electron chi connectivity index (χ3n) is 18.3. The van der Waals surface area contributed by atoms with Gasteiger partial charge in [0.1, 0.15) is 0 Å². The summed E-state index contributed by atoms with van der Waals surface area (Å²) in [6, 6.07) is 63.6. The molecule has 3 atom stereocenters. The Morgan fingerprint density at radius 3 is 1.50 bits per heavy atom. The molecule has 2 heteroatoms. The summed E-state index contributed by atoms with van der Waals surface area (Å²) in [6.45, 7) is 4.82. The van der Waals surface area contributed by atoms with Crippen molar-refractivity contribution < 1.29 is 0 Å². The Morgan fingerprint density at radius 1 is 0.438 bits per heavy atom. The van der Waals surface area contributed by atoms with Gasteiger partial charge in [0.2, 0.25) is 0 Å². The van der Waals surface area contributed by atoms with E-state index in [1.165, 1.54) is 113 Å². The molecule has 0 heterocycles. The largest absolute Gasteiger partial charge is 0.310 e. The highest BCUT2D eigenvalue weighted by atomic mass is 15.2. The lowest BCUT2D eigenvalue weighted by Crippen LogP contribution is -2.48. The van der Waals surface area contributed by atoms with E-state index in [-0.39, 0.29) is 10.8 Å². The lowest BCUT2D eigenvalue weighted by Gasteiger charge is -2.57. The topological polar surface area (TPSA) is 6.48 Å². The molecular formula is C62H58N2. The molecule has 5 saturated carbocycles. The van der Waals surface area contributed by atoms with Crippen LogP contribution in [0.3, 0.4) is 0 Å². The summed E-state index contributed by atoms with van der Waals surface area (Å²) >= 11 is 0. The quantitative estimate of drug-likeness (QED) is 0.158. The van der Waals surface area contributed by atoms with Crippen LogP contribution in [-0.4, -0.2) is 0 Å². The lowest BCUT2D eigenvalue weighted by atomic mass is 9.48. The van der Waals surface area contributed by atoms with Crippen LogP contribution in [0, 0.1) is 29.6 Å². The first-order chi connectivity index (χ1) is 31.4. The third kappa shape index (κ3) is 5.15. The van der Waals surface area contributed by atoms with Gasteiger partial charge >= 0.3 is 0 Å². The van der Waals surface area contributed by atoms with Gasteiger partial charge in [-0.1, -0.05) is 117 Å². The molecule has 2 nitrogen and oxygen atoms in total. The highest BCUT2D eigenvalue weighted by Gasteiger charge is 2.62. The van der Waals surface area contributed by atoms with Crippen LogP contribution in [-0.2, 0) is 29.1 Å². The van der Waals surface area contributed by atoms with Crippen LogP contribution >= 0.6 is 0 Å². The average Bonchev–Trinajstić information content (AvgIpc) is 4.01. The van der Waals surface area contributed by atoms with Gasteiger partial charge in [-0.05, 0) is 210 Å². The van der Waals surface area contributed by atoms with E-state index in [9.17, 15) is 0 Å². The molecule has 0 aliphatic heterocycles. The number of benzene rings is 7. The molecule has 4 bridgehead atoms. The Bertz CT molecular complexity index is 2940. The number of rotatable bonds is 7. The Balaban J connectivity index is 0.947. The fraction of sp³-hybridized carbons (Fsp3) is 0.323. The average molecular weight is 831 g/mol. The van der Waals surface area contributed by atoms with Gasteiger partial charge in [0.05, 0.1) is 11.4 Å². The maximum absolute atomic E-state index is 2.64. The molecule has 8 aliphatic carbocycles. The summed E-state index contributed by atoms with van der Waals surface area (Å²) in [7, 11) is 0. The van der Waals surface area contributed by atoms with Gasteiger partial charge in [0.15, 0.2) is 0 Å². The summed E-state index contributed by atoms with van der Waals surface area (Å²) in [5.41, 5.74) is 21.3. The normalized spacial score (nSPS) is 27.9. The molecule has 0 aromatic heterocycles. The van der Waals surface area contributed by atoms with E-state index in [2.05, 4.69) is 187 Å². The van der Waals surface area contributed by atoms with Gasteiger partial charge in [-0.25, -0.2) is 0 Å². The van der Waals surface area contributed by atoms with Crippen molar-refractivity contribution in [2.24, 2.45) is 29.6 Å². The summed E-state index contributed by atoms with van der Waals surface area (Å²) in [6.07, 6.45) is 13.5. The maximum atomic E-state index is 2.64. The van der Waals surface area contributed by atoms with Crippen molar-refractivity contribution in [3.05, 3.63) is 203 Å². The lowest BCUT2D eigenvalue weighted by molar-refractivity contribution is -0.00518. The number of para-hydroxylation sites is 2. The van der Waals surface area contributed by atoms with Crippen LogP contribution < -0.4 is 9.80 Å². The molecule has 8 aliphatic rings. The minimum absolute atomic E-state index is 0.0864. The van der Waals surface area contributed by atoms with Gasteiger partial charge in [-0.3, -0.25) is 0 Å². The van der Waals surface area contributed by atoms with Crippen LogP contribution in [0.4, 0.5) is 34.1 Å². The summed E-state index contributed by atoms with van der Waals surface area (Å²) in [5.74, 6) is 3.92. The molecule has 5 fully saturated rings. The first kappa shape index (κ1) is 37.5. The third-order valence-corrected chi connectivity index (χ3v) is 18.3. The van der Waals surface area contributed by atoms with E-state index in [0.29, 0.717) is 17.3 Å². The predicted octanol–water partition coefficient (Wildman–Crippen LogP) is 15.8. The van der Waals surface area contributed by atoms with Crippen molar-refractivity contribution in [3.8, 4) is 11.1 Å². The zero-order chi connectivity index (χ0) is 42.4. The maximum Gasteiger partial charge on any atom is 0.0505 e. The fourth-order valence-electron chi connectivity index (χ4n) is 16.3. The van der Waals surface area contributed by atoms with Gasteiger partial charge in [0, 0.05) is 33.6 Å². The van der Waals surface area contributed by atoms with Crippen LogP contribution in [0.5, 0.6) is 0 Å². The zero-order valence-electron chi connectivity index (χ0n) is 37.4. The Kier molecular flexibility index (Phi) is 7.96. The number of anilines is 6. The zero-order valence-corrected chi connectivity index (χ0v) is 37.4. The van der Waals surface area contributed by atoms with E-state index in [1.807, 2.05) is 0 Å². The van der Waals surface area contributed by atoms with Crippen molar-refractivity contribution in [2.45, 2.75) is 94.3 Å². The number of hydrogen-bond acceptors (Lipinski definition) is 2. The molecule has 1 spiro atoms. The smallest absolute Gasteiger partial charge is 0.0505 e. The molecule has 0 radical (unpaired) electrons. The summed E-state index contributed by atoms with van der Waals surface area (Å²) < 4.78 is 0. The van der Waals surface area contributed by atoms with Crippen LogP contribution in [0.2, 0.25) is 0 Å². The van der Waals surface area contributed by atoms with Gasteiger partial charge in [-0.2, -0.15) is 0 Å². The minimum Gasteiger partial charge on any atom is -0.310 e. The van der Waals surface area contributed by atoms with Gasteiger partial charge < -0.3 is 9.80 Å². The predicted molar refractivity (Wildman–Crippen MR) is 264 cm³/mol. The van der Waals surface area contributed by atoms with Crippen molar-refractivity contribution in [1.29, 1.82) is 0 Å². The Labute approximate surface area is 380 Å². The molecule has 0 saturated heterocycles. The highest BCUT2D eigenvalue weighted by Crippen LogP contribution is 2.69. The first-order valence-electron chi connectivity index (χ1n) is 24.7. The number of fused-ring (bicyclic) bond motifs is 5. The summed E-state index contributed by atoms with van der Waals surface area (Å²) in [5, 5.41) is 0. The highest BCUT2D eigenvalue weighted by molar-refractivity contribution is 5.89. The van der Waals surface area contributed by atoms with Crippen molar-refractivity contribution in [1.82, 2.24) is 0 Å². The first-order valence-corrected chi connectivity index (χ1v) is 24.7. The van der Waals surface area contributed by atoms with Crippen molar-refractivity contribution in [3.63, 3.8) is 0 Å². The second-order valence-electron chi connectivity index (χ2n) is 21.9.